The molecule has 4 rings (SSSR count). The molecular weight excluding hydrogens is 298 g/mol. The van der Waals surface area contributed by atoms with Crippen LogP contribution in [0.15, 0.2) is 65.1 Å². The van der Waals surface area contributed by atoms with Gasteiger partial charge in [0, 0.05) is 32.7 Å². The number of benzene rings is 2. The van der Waals surface area contributed by atoms with Crippen LogP contribution in [0, 0.1) is 0 Å². The number of rotatable bonds is 4. The summed E-state index contributed by atoms with van der Waals surface area (Å²) in [6.45, 7) is 4.93. The van der Waals surface area contributed by atoms with Crippen molar-refractivity contribution in [2.75, 3.05) is 37.6 Å². The second-order valence-electron chi connectivity index (χ2n) is 6.06. The molecule has 0 radical (unpaired) electrons. The zero-order chi connectivity index (χ0) is 16.2. The van der Waals surface area contributed by atoms with Crippen LogP contribution >= 0.6 is 0 Å². The van der Waals surface area contributed by atoms with Gasteiger partial charge >= 0.3 is 0 Å². The molecule has 2 aromatic carbocycles. The van der Waals surface area contributed by atoms with Gasteiger partial charge in [0.2, 0.25) is 0 Å². The standard InChI is InChI=1S/C20H21N3O/c1-2-7-17(8-3-1)9-6-12-22-13-15-23(16-14-22)20-21-18-10-4-5-11-19(18)24-20/h1-11H,12-16H2/b9-6+. The molecule has 0 unspecified atom stereocenters. The smallest absolute Gasteiger partial charge is 0.298 e. The first-order valence-electron chi connectivity index (χ1n) is 8.43. The van der Waals surface area contributed by atoms with E-state index in [1.54, 1.807) is 0 Å². The van der Waals surface area contributed by atoms with Gasteiger partial charge in [-0.3, -0.25) is 4.90 Å². The molecule has 0 N–H and O–H groups in total. The largest absolute Gasteiger partial charge is 0.423 e. The molecule has 3 aromatic rings. The third kappa shape index (κ3) is 3.34. The number of anilines is 1. The molecule has 0 bridgehead atoms. The van der Waals surface area contributed by atoms with E-state index < -0.39 is 0 Å². The van der Waals surface area contributed by atoms with Gasteiger partial charge in [0.05, 0.1) is 0 Å². The number of piperazine rings is 1. The molecule has 1 fully saturated rings. The van der Waals surface area contributed by atoms with E-state index in [0.717, 1.165) is 49.8 Å². The molecule has 0 amide bonds. The Bertz CT molecular complexity index is 784. The summed E-state index contributed by atoms with van der Waals surface area (Å²) >= 11 is 0. The van der Waals surface area contributed by atoms with Gasteiger partial charge in [0.1, 0.15) is 5.52 Å². The average Bonchev–Trinajstić information content (AvgIpc) is 3.07. The highest BCUT2D eigenvalue weighted by Crippen LogP contribution is 2.22. The van der Waals surface area contributed by atoms with Crippen molar-refractivity contribution in [3.8, 4) is 0 Å². The highest BCUT2D eigenvalue weighted by atomic mass is 16.4. The zero-order valence-electron chi connectivity index (χ0n) is 13.6. The first kappa shape index (κ1) is 15.0. The third-order valence-corrected chi connectivity index (χ3v) is 4.40. The number of nitrogens with zero attached hydrogens (tertiary/aromatic N) is 3. The lowest BCUT2D eigenvalue weighted by molar-refractivity contribution is 0.279. The van der Waals surface area contributed by atoms with Crippen molar-refractivity contribution in [3.63, 3.8) is 0 Å². The summed E-state index contributed by atoms with van der Waals surface area (Å²) in [5.74, 6) is 0. The summed E-state index contributed by atoms with van der Waals surface area (Å²) in [4.78, 5) is 9.28. The SMILES string of the molecule is C(=C\c1ccccc1)/CN1CCN(c2nc3ccccc3o2)CC1. The maximum Gasteiger partial charge on any atom is 0.298 e. The van der Waals surface area contributed by atoms with E-state index in [-0.39, 0.29) is 0 Å². The second kappa shape index (κ2) is 6.89. The first-order chi connectivity index (χ1) is 11.9. The molecular formula is C20H21N3O. The van der Waals surface area contributed by atoms with Gasteiger partial charge in [-0.05, 0) is 17.7 Å². The molecule has 0 saturated carbocycles. The van der Waals surface area contributed by atoms with Crippen LogP contribution in [0.2, 0.25) is 0 Å². The number of hydrogen-bond donors (Lipinski definition) is 0. The van der Waals surface area contributed by atoms with Crippen molar-refractivity contribution < 1.29 is 4.42 Å². The Morgan fingerprint density at radius 3 is 2.46 bits per heavy atom. The Kier molecular flexibility index (Phi) is 4.30. The van der Waals surface area contributed by atoms with Crippen LogP contribution in [0.1, 0.15) is 5.56 Å². The molecule has 1 aromatic heterocycles. The molecule has 0 spiro atoms. The molecule has 1 saturated heterocycles. The summed E-state index contributed by atoms with van der Waals surface area (Å²) in [5, 5.41) is 0. The predicted octanol–water partition coefficient (Wildman–Crippen LogP) is 3.66. The van der Waals surface area contributed by atoms with Crippen molar-refractivity contribution in [3.05, 3.63) is 66.2 Å². The summed E-state index contributed by atoms with van der Waals surface area (Å²) in [7, 11) is 0. The highest BCUT2D eigenvalue weighted by Gasteiger charge is 2.20. The molecule has 122 valence electrons. The van der Waals surface area contributed by atoms with E-state index in [1.165, 1.54) is 5.56 Å². The Labute approximate surface area is 142 Å². The van der Waals surface area contributed by atoms with Gasteiger partial charge in [-0.1, -0.05) is 54.6 Å². The number of aromatic nitrogens is 1. The normalized spacial score (nSPS) is 16.2. The lowest BCUT2D eigenvalue weighted by atomic mass is 10.2. The van der Waals surface area contributed by atoms with Crippen LogP contribution in [0.5, 0.6) is 0 Å². The summed E-state index contributed by atoms with van der Waals surface area (Å²) < 4.78 is 5.86. The average molecular weight is 319 g/mol. The van der Waals surface area contributed by atoms with Gasteiger partial charge in [-0.15, -0.1) is 0 Å². The quantitative estimate of drug-likeness (QED) is 0.734. The van der Waals surface area contributed by atoms with Crippen LogP contribution in [0.25, 0.3) is 17.2 Å². The fraction of sp³-hybridized carbons (Fsp3) is 0.250. The molecule has 4 nitrogen and oxygen atoms in total. The molecule has 0 atom stereocenters. The van der Waals surface area contributed by atoms with Gasteiger partial charge < -0.3 is 9.32 Å². The monoisotopic (exact) mass is 319 g/mol. The van der Waals surface area contributed by atoms with E-state index >= 15 is 0 Å². The molecule has 1 aliphatic rings. The summed E-state index contributed by atoms with van der Waals surface area (Å²) in [6, 6.07) is 19.1. The van der Waals surface area contributed by atoms with E-state index in [9.17, 15) is 0 Å². The minimum absolute atomic E-state index is 0.746. The third-order valence-electron chi connectivity index (χ3n) is 4.40. The van der Waals surface area contributed by atoms with Crippen molar-refractivity contribution in [1.29, 1.82) is 0 Å². The zero-order valence-corrected chi connectivity index (χ0v) is 13.6. The minimum Gasteiger partial charge on any atom is -0.423 e. The van der Waals surface area contributed by atoms with Crippen molar-refractivity contribution in [2.24, 2.45) is 0 Å². The Morgan fingerprint density at radius 1 is 0.917 bits per heavy atom. The Hall–Kier alpha value is -2.59. The molecule has 24 heavy (non-hydrogen) atoms. The van der Waals surface area contributed by atoms with Crippen LogP contribution < -0.4 is 4.90 Å². The lowest BCUT2D eigenvalue weighted by Gasteiger charge is -2.33. The van der Waals surface area contributed by atoms with E-state index in [4.69, 9.17) is 4.42 Å². The van der Waals surface area contributed by atoms with Gasteiger partial charge in [-0.25, -0.2) is 0 Å². The highest BCUT2D eigenvalue weighted by molar-refractivity contribution is 5.74. The van der Waals surface area contributed by atoms with E-state index in [1.807, 2.05) is 30.3 Å². The van der Waals surface area contributed by atoms with Gasteiger partial charge in [0.15, 0.2) is 5.58 Å². The van der Waals surface area contributed by atoms with Gasteiger partial charge in [-0.2, -0.15) is 4.98 Å². The Balaban J connectivity index is 1.32. The summed E-state index contributed by atoms with van der Waals surface area (Å²) in [6.07, 6.45) is 4.43. The van der Waals surface area contributed by atoms with Crippen molar-refractivity contribution in [2.45, 2.75) is 0 Å². The van der Waals surface area contributed by atoms with Crippen molar-refractivity contribution in [1.82, 2.24) is 9.88 Å². The molecule has 1 aliphatic heterocycles. The van der Waals surface area contributed by atoms with Crippen LogP contribution in [-0.2, 0) is 0 Å². The minimum atomic E-state index is 0.746. The molecule has 0 aliphatic carbocycles. The Morgan fingerprint density at radius 2 is 1.67 bits per heavy atom. The maximum absolute atomic E-state index is 5.86. The lowest BCUT2D eigenvalue weighted by Crippen LogP contribution is -2.46. The van der Waals surface area contributed by atoms with E-state index in [2.05, 4.69) is 51.2 Å². The maximum atomic E-state index is 5.86. The van der Waals surface area contributed by atoms with Crippen LogP contribution in [0.4, 0.5) is 6.01 Å². The van der Waals surface area contributed by atoms with Gasteiger partial charge in [0.25, 0.3) is 6.01 Å². The molecule has 2 heterocycles. The first-order valence-corrected chi connectivity index (χ1v) is 8.43. The predicted molar refractivity (Wildman–Crippen MR) is 98.1 cm³/mol. The number of hydrogen-bond acceptors (Lipinski definition) is 4. The fourth-order valence-electron chi connectivity index (χ4n) is 3.02. The number of oxazole rings is 1. The topological polar surface area (TPSA) is 32.5 Å². The van der Waals surface area contributed by atoms with Crippen LogP contribution in [-0.4, -0.2) is 42.6 Å². The number of para-hydroxylation sites is 2. The summed E-state index contributed by atoms with van der Waals surface area (Å²) in [5.41, 5.74) is 3.05. The van der Waals surface area contributed by atoms with Crippen molar-refractivity contribution >= 4 is 23.2 Å². The van der Waals surface area contributed by atoms with E-state index in [0.29, 0.717) is 0 Å². The second-order valence-corrected chi connectivity index (χ2v) is 6.06. The molecule has 4 heteroatoms. The van der Waals surface area contributed by atoms with Crippen LogP contribution in [0.3, 0.4) is 0 Å². The number of fused-ring (bicyclic) bond motifs is 1. The fourth-order valence-corrected chi connectivity index (χ4v) is 3.02.